The first-order valence-corrected chi connectivity index (χ1v) is 6.16. The molecule has 1 saturated carbocycles. The Morgan fingerprint density at radius 1 is 1.07 bits per heavy atom. The molecule has 1 atom stereocenters. The lowest BCUT2D eigenvalue weighted by Gasteiger charge is -2.40. The second kappa shape index (κ2) is 3.82. The lowest BCUT2D eigenvalue weighted by molar-refractivity contribution is 0.100. The van der Waals surface area contributed by atoms with Crippen LogP contribution in [-0.4, -0.2) is 29.6 Å². The van der Waals surface area contributed by atoms with Crippen LogP contribution in [-0.2, 0) is 0 Å². The molecule has 0 aromatic heterocycles. The Morgan fingerprint density at radius 3 is 2.07 bits per heavy atom. The summed E-state index contributed by atoms with van der Waals surface area (Å²) in [5.74, 6) is 0.709. The fourth-order valence-corrected chi connectivity index (χ4v) is 3.09. The van der Waals surface area contributed by atoms with Crippen LogP contribution in [0.3, 0.4) is 0 Å². The van der Waals surface area contributed by atoms with Crippen molar-refractivity contribution in [2.45, 2.75) is 57.5 Å². The molecule has 0 aromatic rings. The predicted octanol–water partition coefficient (Wildman–Crippen LogP) is 1.99. The van der Waals surface area contributed by atoms with E-state index >= 15 is 0 Å². The minimum atomic E-state index is 0.172. The average molecular weight is 196 g/mol. The molecule has 2 aliphatic rings. The third kappa shape index (κ3) is 1.96. The van der Waals surface area contributed by atoms with E-state index in [0.717, 1.165) is 0 Å². The first-order valence-electron chi connectivity index (χ1n) is 6.16. The quantitative estimate of drug-likeness (QED) is 0.748. The van der Waals surface area contributed by atoms with Gasteiger partial charge in [-0.2, -0.15) is 0 Å². The Bertz CT molecular complexity index is 190. The summed E-state index contributed by atoms with van der Waals surface area (Å²) in [6.45, 7) is 7.21. The van der Waals surface area contributed by atoms with Crippen LogP contribution in [0.1, 0.15) is 46.0 Å². The van der Waals surface area contributed by atoms with Crippen LogP contribution in [0.25, 0.3) is 0 Å². The van der Waals surface area contributed by atoms with Crippen molar-refractivity contribution in [1.82, 2.24) is 4.90 Å². The van der Waals surface area contributed by atoms with Crippen molar-refractivity contribution < 1.29 is 0 Å². The van der Waals surface area contributed by atoms with Gasteiger partial charge in [0.05, 0.1) is 0 Å². The van der Waals surface area contributed by atoms with Crippen LogP contribution in [0, 0.1) is 5.92 Å². The first-order chi connectivity index (χ1) is 6.63. The van der Waals surface area contributed by atoms with Crippen LogP contribution >= 0.6 is 0 Å². The van der Waals surface area contributed by atoms with E-state index < -0.39 is 0 Å². The van der Waals surface area contributed by atoms with Gasteiger partial charge in [-0.15, -0.1) is 0 Å². The summed E-state index contributed by atoms with van der Waals surface area (Å²) in [7, 11) is 0. The van der Waals surface area contributed by atoms with Crippen molar-refractivity contribution in [3.05, 3.63) is 0 Å². The van der Waals surface area contributed by atoms with E-state index in [1.807, 2.05) is 0 Å². The fraction of sp³-hybridized carbons (Fsp3) is 1.00. The average Bonchev–Trinajstić information content (AvgIpc) is 2.85. The molecule has 0 spiro atoms. The highest BCUT2D eigenvalue weighted by Gasteiger charge is 2.49. The predicted molar refractivity (Wildman–Crippen MR) is 60.2 cm³/mol. The topological polar surface area (TPSA) is 29.3 Å². The number of likely N-dealkylation sites (tertiary alicyclic amines) is 1. The van der Waals surface area contributed by atoms with Crippen molar-refractivity contribution in [2.75, 3.05) is 13.1 Å². The lowest BCUT2D eigenvalue weighted by Crippen LogP contribution is -2.54. The SMILES string of the molecule is CC(C)C(N1CCCCC1)C1(N)CC1. The van der Waals surface area contributed by atoms with Gasteiger partial charge in [0, 0.05) is 11.6 Å². The molecule has 1 heterocycles. The van der Waals surface area contributed by atoms with Crippen LogP contribution in [0.2, 0.25) is 0 Å². The fourth-order valence-electron chi connectivity index (χ4n) is 3.09. The van der Waals surface area contributed by atoms with Crippen LogP contribution < -0.4 is 5.73 Å². The van der Waals surface area contributed by atoms with E-state index in [-0.39, 0.29) is 5.54 Å². The third-order valence-corrected chi connectivity index (χ3v) is 3.83. The Morgan fingerprint density at radius 2 is 1.64 bits per heavy atom. The van der Waals surface area contributed by atoms with E-state index in [9.17, 15) is 0 Å². The van der Waals surface area contributed by atoms with Gasteiger partial charge in [-0.05, 0) is 44.7 Å². The van der Waals surface area contributed by atoms with Gasteiger partial charge < -0.3 is 5.73 Å². The number of nitrogens with zero attached hydrogens (tertiary/aromatic N) is 1. The number of rotatable bonds is 3. The summed E-state index contributed by atoms with van der Waals surface area (Å²) in [5.41, 5.74) is 6.55. The number of hydrogen-bond donors (Lipinski definition) is 1. The maximum atomic E-state index is 6.38. The summed E-state index contributed by atoms with van der Waals surface area (Å²) in [4.78, 5) is 2.65. The monoisotopic (exact) mass is 196 g/mol. The lowest BCUT2D eigenvalue weighted by atomic mass is 9.91. The molecular formula is C12H24N2. The Labute approximate surface area is 87.8 Å². The molecule has 82 valence electrons. The minimum absolute atomic E-state index is 0.172. The van der Waals surface area contributed by atoms with E-state index in [1.54, 1.807) is 0 Å². The van der Waals surface area contributed by atoms with Crippen molar-refractivity contribution >= 4 is 0 Å². The van der Waals surface area contributed by atoms with Crippen molar-refractivity contribution in [3.63, 3.8) is 0 Å². The second-order valence-corrected chi connectivity index (χ2v) is 5.52. The summed E-state index contributed by atoms with van der Waals surface area (Å²) < 4.78 is 0. The van der Waals surface area contributed by atoms with Gasteiger partial charge in [0.1, 0.15) is 0 Å². The van der Waals surface area contributed by atoms with Crippen LogP contribution in [0.15, 0.2) is 0 Å². The molecule has 2 fully saturated rings. The van der Waals surface area contributed by atoms with Gasteiger partial charge in [0.25, 0.3) is 0 Å². The van der Waals surface area contributed by atoms with Gasteiger partial charge in [-0.1, -0.05) is 20.3 Å². The molecular weight excluding hydrogens is 172 g/mol. The molecule has 2 rings (SSSR count). The highest BCUT2D eigenvalue weighted by molar-refractivity contribution is 5.09. The highest BCUT2D eigenvalue weighted by Crippen LogP contribution is 2.41. The molecule has 0 aromatic carbocycles. The highest BCUT2D eigenvalue weighted by atomic mass is 15.2. The maximum absolute atomic E-state index is 6.38. The van der Waals surface area contributed by atoms with Gasteiger partial charge in [-0.3, -0.25) is 4.90 Å². The van der Waals surface area contributed by atoms with Gasteiger partial charge >= 0.3 is 0 Å². The first kappa shape index (κ1) is 10.4. The molecule has 14 heavy (non-hydrogen) atoms. The Balaban J connectivity index is 2.02. The molecule has 2 N–H and O–H groups in total. The zero-order chi connectivity index (χ0) is 10.2. The van der Waals surface area contributed by atoms with E-state index in [4.69, 9.17) is 5.73 Å². The smallest absolute Gasteiger partial charge is 0.0316 e. The standard InChI is InChI=1S/C12H24N2/c1-10(2)11(12(13)6-7-12)14-8-4-3-5-9-14/h10-11H,3-9,13H2,1-2H3. The summed E-state index contributed by atoms with van der Waals surface area (Å²) >= 11 is 0. The third-order valence-electron chi connectivity index (χ3n) is 3.83. The van der Waals surface area contributed by atoms with Crippen LogP contribution in [0.4, 0.5) is 0 Å². The van der Waals surface area contributed by atoms with Crippen molar-refractivity contribution in [3.8, 4) is 0 Å². The van der Waals surface area contributed by atoms with Crippen LogP contribution in [0.5, 0.6) is 0 Å². The molecule has 1 unspecified atom stereocenters. The maximum Gasteiger partial charge on any atom is 0.0316 e. The molecule has 2 heteroatoms. The van der Waals surface area contributed by atoms with Gasteiger partial charge in [0.2, 0.25) is 0 Å². The zero-order valence-corrected chi connectivity index (χ0v) is 9.63. The summed E-state index contributed by atoms with van der Waals surface area (Å²) in [6.07, 6.45) is 6.65. The summed E-state index contributed by atoms with van der Waals surface area (Å²) in [6, 6.07) is 0.641. The molecule has 1 saturated heterocycles. The van der Waals surface area contributed by atoms with Gasteiger partial charge in [-0.25, -0.2) is 0 Å². The zero-order valence-electron chi connectivity index (χ0n) is 9.63. The normalized spacial score (nSPS) is 29.1. The van der Waals surface area contributed by atoms with E-state index in [0.29, 0.717) is 12.0 Å². The second-order valence-electron chi connectivity index (χ2n) is 5.52. The molecule has 1 aliphatic heterocycles. The number of hydrogen-bond acceptors (Lipinski definition) is 2. The Hall–Kier alpha value is -0.0800. The van der Waals surface area contributed by atoms with Crippen molar-refractivity contribution in [2.24, 2.45) is 11.7 Å². The molecule has 1 aliphatic carbocycles. The molecule has 2 nitrogen and oxygen atoms in total. The van der Waals surface area contributed by atoms with E-state index in [1.165, 1.54) is 45.2 Å². The molecule has 0 radical (unpaired) electrons. The van der Waals surface area contributed by atoms with Crippen molar-refractivity contribution in [1.29, 1.82) is 0 Å². The van der Waals surface area contributed by atoms with Gasteiger partial charge in [0.15, 0.2) is 0 Å². The largest absolute Gasteiger partial charge is 0.324 e. The summed E-state index contributed by atoms with van der Waals surface area (Å²) in [5, 5.41) is 0. The van der Waals surface area contributed by atoms with E-state index in [2.05, 4.69) is 18.7 Å². The number of piperidine rings is 1. The number of nitrogens with two attached hydrogens (primary N) is 1. The molecule has 0 bridgehead atoms. The molecule has 0 amide bonds. The minimum Gasteiger partial charge on any atom is -0.324 e. The Kier molecular flexibility index (Phi) is 2.85.